The van der Waals surface area contributed by atoms with Crippen LogP contribution in [0.2, 0.25) is 0 Å². The second-order valence-corrected chi connectivity index (χ2v) is 6.05. The molecule has 1 amide bonds. The predicted molar refractivity (Wildman–Crippen MR) is 74.5 cm³/mol. The van der Waals surface area contributed by atoms with E-state index in [2.05, 4.69) is 10.3 Å². The van der Waals surface area contributed by atoms with Crippen LogP contribution in [0.15, 0.2) is 24.4 Å². The topological polar surface area (TPSA) is 88.6 Å². The number of pyridine rings is 1. The molecule has 0 saturated carbocycles. The highest BCUT2D eigenvalue weighted by atomic mass is 32.2. The van der Waals surface area contributed by atoms with E-state index in [0.29, 0.717) is 5.69 Å². The third kappa shape index (κ3) is 5.98. The molecular formula is C12H19N3O4S. The van der Waals surface area contributed by atoms with Crippen LogP contribution in [0.25, 0.3) is 0 Å². The molecule has 1 rings (SSSR count). The number of hydrogen-bond acceptors (Lipinski definition) is 5. The Morgan fingerprint density at radius 2 is 2.20 bits per heavy atom. The molecular weight excluding hydrogens is 282 g/mol. The monoisotopic (exact) mass is 301 g/mol. The Morgan fingerprint density at radius 1 is 1.45 bits per heavy atom. The van der Waals surface area contributed by atoms with Crippen molar-refractivity contribution in [1.82, 2.24) is 14.6 Å². The quantitative estimate of drug-likeness (QED) is 0.796. The van der Waals surface area contributed by atoms with E-state index in [9.17, 15) is 13.2 Å². The second-order valence-electron chi connectivity index (χ2n) is 4.06. The maximum absolute atomic E-state index is 11.7. The van der Waals surface area contributed by atoms with Crippen molar-refractivity contribution in [1.29, 1.82) is 0 Å². The van der Waals surface area contributed by atoms with Gasteiger partial charge in [-0.15, -0.1) is 0 Å². The molecule has 0 radical (unpaired) electrons. The van der Waals surface area contributed by atoms with Gasteiger partial charge in [0.25, 0.3) is 0 Å². The van der Waals surface area contributed by atoms with Crippen molar-refractivity contribution in [2.75, 3.05) is 26.0 Å². The number of aromatic nitrogens is 1. The van der Waals surface area contributed by atoms with Crippen LogP contribution in [0.4, 0.5) is 4.79 Å². The second kappa shape index (κ2) is 7.81. The molecule has 0 fully saturated rings. The average Bonchev–Trinajstić information content (AvgIpc) is 2.38. The fourth-order valence-electron chi connectivity index (χ4n) is 1.50. The molecule has 0 bridgehead atoms. The smallest absolute Gasteiger partial charge is 0.407 e. The van der Waals surface area contributed by atoms with Gasteiger partial charge in [-0.25, -0.2) is 13.2 Å². The Kier molecular flexibility index (Phi) is 6.40. The van der Waals surface area contributed by atoms with Crippen molar-refractivity contribution in [3.8, 4) is 0 Å². The number of hydrogen-bond donors (Lipinski definition) is 1. The number of nitrogens with zero attached hydrogens (tertiary/aromatic N) is 2. The van der Waals surface area contributed by atoms with E-state index in [1.165, 1.54) is 4.31 Å². The van der Waals surface area contributed by atoms with E-state index in [4.69, 9.17) is 4.74 Å². The average molecular weight is 301 g/mol. The standard InChI is InChI=1S/C12H19N3O4S/c1-3-19-12(16)14-8-9-15(20(2,17)18)10-11-6-4-5-7-13-11/h4-7H,3,8-10H2,1-2H3,(H,14,16). The lowest BCUT2D eigenvalue weighted by molar-refractivity contribution is 0.151. The van der Waals surface area contributed by atoms with E-state index >= 15 is 0 Å². The molecule has 1 aromatic rings. The van der Waals surface area contributed by atoms with Crippen molar-refractivity contribution in [3.05, 3.63) is 30.1 Å². The molecule has 7 nitrogen and oxygen atoms in total. The highest BCUT2D eigenvalue weighted by molar-refractivity contribution is 7.88. The van der Waals surface area contributed by atoms with Gasteiger partial charge in [-0.3, -0.25) is 4.98 Å². The summed E-state index contributed by atoms with van der Waals surface area (Å²) < 4.78 is 29.3. The number of amides is 1. The van der Waals surface area contributed by atoms with Crippen LogP contribution in [-0.4, -0.2) is 49.8 Å². The molecule has 0 aromatic carbocycles. The number of sulfonamides is 1. The van der Waals surface area contributed by atoms with Crippen LogP contribution in [0.3, 0.4) is 0 Å². The van der Waals surface area contributed by atoms with Gasteiger partial charge in [-0.1, -0.05) is 6.07 Å². The molecule has 0 saturated heterocycles. The molecule has 0 aliphatic rings. The molecule has 20 heavy (non-hydrogen) atoms. The molecule has 1 aromatic heterocycles. The summed E-state index contributed by atoms with van der Waals surface area (Å²) >= 11 is 0. The first-order valence-electron chi connectivity index (χ1n) is 6.19. The largest absolute Gasteiger partial charge is 0.450 e. The van der Waals surface area contributed by atoms with Crippen molar-refractivity contribution in [2.24, 2.45) is 0 Å². The number of ether oxygens (including phenoxy) is 1. The van der Waals surface area contributed by atoms with E-state index in [-0.39, 0.29) is 26.2 Å². The summed E-state index contributed by atoms with van der Waals surface area (Å²) in [5, 5.41) is 2.48. The first-order valence-corrected chi connectivity index (χ1v) is 8.04. The minimum atomic E-state index is -3.37. The van der Waals surface area contributed by atoms with E-state index < -0.39 is 16.1 Å². The van der Waals surface area contributed by atoms with E-state index in [0.717, 1.165) is 6.26 Å². The first-order chi connectivity index (χ1) is 9.43. The Morgan fingerprint density at radius 3 is 2.75 bits per heavy atom. The van der Waals surface area contributed by atoms with Crippen molar-refractivity contribution in [3.63, 3.8) is 0 Å². The van der Waals surface area contributed by atoms with Crippen molar-refractivity contribution < 1.29 is 17.9 Å². The number of alkyl carbamates (subject to hydrolysis) is 1. The molecule has 0 aliphatic carbocycles. The fraction of sp³-hybridized carbons (Fsp3) is 0.500. The highest BCUT2D eigenvalue weighted by Gasteiger charge is 2.17. The molecule has 1 N–H and O–H groups in total. The number of carbonyl (C=O) groups is 1. The van der Waals surface area contributed by atoms with Gasteiger partial charge in [0.15, 0.2) is 0 Å². The minimum absolute atomic E-state index is 0.161. The van der Waals surface area contributed by atoms with Crippen LogP contribution in [0, 0.1) is 0 Å². The first kappa shape index (κ1) is 16.4. The SMILES string of the molecule is CCOC(=O)NCCN(Cc1ccccn1)S(C)(=O)=O. The molecule has 8 heteroatoms. The summed E-state index contributed by atoms with van der Waals surface area (Å²) in [6.07, 6.45) is 2.17. The van der Waals surface area contributed by atoms with E-state index in [1.807, 2.05) is 0 Å². The predicted octanol–water partition coefficient (Wildman–Crippen LogP) is 0.589. The van der Waals surface area contributed by atoms with Gasteiger partial charge >= 0.3 is 6.09 Å². The summed E-state index contributed by atoms with van der Waals surface area (Å²) in [7, 11) is -3.37. The maximum Gasteiger partial charge on any atom is 0.407 e. The van der Waals surface area contributed by atoms with Crippen LogP contribution < -0.4 is 5.32 Å². The number of nitrogens with one attached hydrogen (secondary N) is 1. The normalized spacial score (nSPS) is 11.3. The Hall–Kier alpha value is -1.67. The molecule has 0 atom stereocenters. The van der Waals surface area contributed by atoms with Gasteiger partial charge in [-0.2, -0.15) is 4.31 Å². The van der Waals surface area contributed by atoms with Crippen molar-refractivity contribution in [2.45, 2.75) is 13.5 Å². The molecule has 1 heterocycles. The molecule has 0 aliphatic heterocycles. The van der Waals surface area contributed by atoms with Gasteiger partial charge in [-0.05, 0) is 19.1 Å². The van der Waals surface area contributed by atoms with Crippen LogP contribution in [0.5, 0.6) is 0 Å². The lowest BCUT2D eigenvalue weighted by Crippen LogP contribution is -2.38. The maximum atomic E-state index is 11.7. The Labute approximate surface area is 119 Å². The highest BCUT2D eigenvalue weighted by Crippen LogP contribution is 2.05. The fourth-order valence-corrected chi connectivity index (χ4v) is 2.29. The van der Waals surface area contributed by atoms with Gasteiger partial charge in [0.1, 0.15) is 0 Å². The van der Waals surface area contributed by atoms with Crippen LogP contribution in [-0.2, 0) is 21.3 Å². The zero-order chi connectivity index (χ0) is 15.0. The number of rotatable bonds is 7. The van der Waals surface area contributed by atoms with E-state index in [1.54, 1.807) is 31.3 Å². The summed E-state index contributed by atoms with van der Waals surface area (Å²) in [6, 6.07) is 5.30. The van der Waals surface area contributed by atoms with Gasteiger partial charge < -0.3 is 10.1 Å². The molecule has 0 unspecified atom stereocenters. The van der Waals surface area contributed by atoms with Crippen LogP contribution in [0.1, 0.15) is 12.6 Å². The minimum Gasteiger partial charge on any atom is -0.450 e. The lowest BCUT2D eigenvalue weighted by atomic mass is 10.3. The third-order valence-corrected chi connectivity index (χ3v) is 3.69. The summed E-state index contributed by atoms with van der Waals surface area (Å²) in [5.41, 5.74) is 0.647. The Balaban J connectivity index is 2.56. The van der Waals surface area contributed by atoms with Crippen molar-refractivity contribution >= 4 is 16.1 Å². The summed E-state index contributed by atoms with van der Waals surface area (Å²) in [5.74, 6) is 0. The van der Waals surface area contributed by atoms with Gasteiger partial charge in [0.05, 0.1) is 25.1 Å². The summed E-state index contributed by atoms with van der Waals surface area (Å²) in [4.78, 5) is 15.2. The van der Waals surface area contributed by atoms with Gasteiger partial charge in [0.2, 0.25) is 10.0 Å². The lowest BCUT2D eigenvalue weighted by Gasteiger charge is -2.19. The zero-order valence-electron chi connectivity index (χ0n) is 11.6. The molecule has 0 spiro atoms. The van der Waals surface area contributed by atoms with Crippen LogP contribution >= 0.6 is 0 Å². The Bertz CT molecular complexity index is 519. The number of carbonyl (C=O) groups excluding carboxylic acids is 1. The summed E-state index contributed by atoms with van der Waals surface area (Å²) in [6.45, 7) is 2.48. The van der Waals surface area contributed by atoms with Gasteiger partial charge in [0, 0.05) is 19.3 Å². The molecule has 112 valence electrons. The third-order valence-electron chi connectivity index (χ3n) is 2.44. The zero-order valence-corrected chi connectivity index (χ0v) is 12.4.